The molecule has 0 saturated carbocycles. The minimum Gasteiger partial charge on any atom is -0.369 e. The predicted molar refractivity (Wildman–Crippen MR) is 134 cm³/mol. The highest BCUT2D eigenvalue weighted by molar-refractivity contribution is 7.89. The molecule has 1 aromatic heterocycles. The molecule has 2 heterocycles. The smallest absolute Gasteiger partial charge is 0.263 e. The van der Waals surface area contributed by atoms with E-state index in [1.165, 1.54) is 26.3 Å². The van der Waals surface area contributed by atoms with Gasteiger partial charge in [0.2, 0.25) is 5.03 Å². The van der Waals surface area contributed by atoms with Crippen LogP contribution < -0.4 is 10.2 Å². The van der Waals surface area contributed by atoms with Gasteiger partial charge in [-0.2, -0.15) is 9.40 Å². The van der Waals surface area contributed by atoms with Crippen LogP contribution in [-0.4, -0.2) is 54.6 Å². The van der Waals surface area contributed by atoms with Crippen molar-refractivity contribution in [3.8, 4) is 0 Å². The lowest BCUT2D eigenvalue weighted by atomic mass is 10.1. The number of hydrogen-bond acceptors (Lipinski definition) is 5. The van der Waals surface area contributed by atoms with Crippen LogP contribution in [0.25, 0.3) is 0 Å². The summed E-state index contributed by atoms with van der Waals surface area (Å²) in [7, 11) is -2.31. The first-order chi connectivity index (χ1) is 16.2. The van der Waals surface area contributed by atoms with Gasteiger partial charge in [0.15, 0.2) is 0 Å². The number of rotatable bonds is 6. The standard InChI is InChI=1S/C25H31N5O3S/c1-5-20-9-7-10-21(16-20)26-24(31)22-17-28(4)27-25(22)34(32,33)30-14-12-29(13-15-30)23-11-6-8-18(2)19(23)3/h6-11,16-17H,5,12-15H2,1-4H3,(H,26,31). The quantitative estimate of drug-likeness (QED) is 0.583. The van der Waals surface area contributed by atoms with E-state index in [2.05, 4.69) is 41.3 Å². The fourth-order valence-electron chi connectivity index (χ4n) is 4.25. The lowest BCUT2D eigenvalue weighted by molar-refractivity contribution is 0.102. The highest BCUT2D eigenvalue weighted by Gasteiger charge is 2.34. The summed E-state index contributed by atoms with van der Waals surface area (Å²) in [6, 6.07) is 13.7. The molecule has 4 rings (SSSR count). The number of carbonyl (C=O) groups excluding carboxylic acids is 1. The van der Waals surface area contributed by atoms with Crippen LogP contribution in [0.15, 0.2) is 53.7 Å². The molecule has 8 nitrogen and oxygen atoms in total. The van der Waals surface area contributed by atoms with Crippen molar-refractivity contribution in [2.24, 2.45) is 7.05 Å². The van der Waals surface area contributed by atoms with E-state index in [0.29, 0.717) is 31.9 Å². The van der Waals surface area contributed by atoms with Gasteiger partial charge in [-0.15, -0.1) is 0 Å². The molecule has 0 radical (unpaired) electrons. The molecule has 1 amide bonds. The number of nitrogens with zero attached hydrogens (tertiary/aromatic N) is 4. The van der Waals surface area contributed by atoms with Crippen LogP contribution in [0, 0.1) is 13.8 Å². The molecule has 1 aliphatic heterocycles. The summed E-state index contributed by atoms with van der Waals surface area (Å²) in [5.41, 5.74) is 5.29. The van der Waals surface area contributed by atoms with Crippen LogP contribution in [-0.2, 0) is 23.5 Å². The summed E-state index contributed by atoms with van der Waals surface area (Å²) in [6.07, 6.45) is 2.29. The Morgan fingerprint density at radius 3 is 2.47 bits per heavy atom. The number of aromatic nitrogens is 2. The molecule has 9 heteroatoms. The van der Waals surface area contributed by atoms with Crippen molar-refractivity contribution in [1.82, 2.24) is 14.1 Å². The first-order valence-electron chi connectivity index (χ1n) is 11.5. The molecule has 2 aromatic carbocycles. The van der Waals surface area contributed by atoms with Crippen molar-refractivity contribution in [2.75, 3.05) is 36.4 Å². The van der Waals surface area contributed by atoms with E-state index in [1.807, 2.05) is 31.2 Å². The Morgan fingerprint density at radius 1 is 1.06 bits per heavy atom. The maximum absolute atomic E-state index is 13.5. The fourth-order valence-corrected chi connectivity index (χ4v) is 5.80. The zero-order valence-corrected chi connectivity index (χ0v) is 20.9. The monoisotopic (exact) mass is 481 g/mol. The third-order valence-corrected chi connectivity index (χ3v) is 8.21. The molecule has 34 heavy (non-hydrogen) atoms. The number of amides is 1. The largest absolute Gasteiger partial charge is 0.369 e. The van der Waals surface area contributed by atoms with Crippen LogP contribution in [0.3, 0.4) is 0 Å². The van der Waals surface area contributed by atoms with Crippen LogP contribution in [0.5, 0.6) is 0 Å². The first-order valence-corrected chi connectivity index (χ1v) is 12.9. The molecule has 0 bridgehead atoms. The third kappa shape index (κ3) is 4.71. The number of aryl methyl sites for hydroxylation is 3. The second-order valence-corrected chi connectivity index (χ2v) is 10.5. The highest BCUT2D eigenvalue weighted by Crippen LogP contribution is 2.26. The fraction of sp³-hybridized carbons (Fsp3) is 0.360. The number of piperazine rings is 1. The maximum atomic E-state index is 13.5. The average molecular weight is 482 g/mol. The molecule has 0 spiro atoms. The minimum atomic E-state index is -3.93. The van der Waals surface area contributed by atoms with Crippen molar-refractivity contribution in [1.29, 1.82) is 0 Å². The molecule has 1 fully saturated rings. The molecule has 180 valence electrons. The lowest BCUT2D eigenvalue weighted by Gasteiger charge is -2.36. The third-order valence-electron chi connectivity index (χ3n) is 6.37. The normalized spacial score (nSPS) is 14.9. The molecule has 0 unspecified atom stereocenters. The van der Waals surface area contributed by atoms with Crippen molar-refractivity contribution in [3.63, 3.8) is 0 Å². The van der Waals surface area contributed by atoms with E-state index in [1.54, 1.807) is 13.1 Å². The van der Waals surface area contributed by atoms with Gasteiger partial charge in [-0.05, 0) is 55.2 Å². The van der Waals surface area contributed by atoms with Crippen molar-refractivity contribution < 1.29 is 13.2 Å². The summed E-state index contributed by atoms with van der Waals surface area (Å²) in [5.74, 6) is -0.492. The van der Waals surface area contributed by atoms with E-state index in [4.69, 9.17) is 0 Å². The summed E-state index contributed by atoms with van der Waals surface area (Å²) >= 11 is 0. The highest BCUT2D eigenvalue weighted by atomic mass is 32.2. The van der Waals surface area contributed by atoms with Gasteiger partial charge in [0.25, 0.3) is 15.9 Å². The number of sulfonamides is 1. The van der Waals surface area contributed by atoms with Gasteiger partial charge in [-0.25, -0.2) is 8.42 Å². The summed E-state index contributed by atoms with van der Waals surface area (Å²) in [4.78, 5) is 15.2. The Kier molecular flexibility index (Phi) is 6.77. The molecule has 1 saturated heterocycles. The predicted octanol–water partition coefficient (Wildman–Crippen LogP) is 3.36. The lowest BCUT2D eigenvalue weighted by Crippen LogP contribution is -2.49. The Hall–Kier alpha value is -3.17. The van der Waals surface area contributed by atoms with Crippen molar-refractivity contribution in [2.45, 2.75) is 32.2 Å². The minimum absolute atomic E-state index is 0.0429. The molecular weight excluding hydrogens is 450 g/mol. The molecule has 0 aliphatic carbocycles. The van der Waals surface area contributed by atoms with Gasteiger partial charge in [0, 0.05) is 50.8 Å². The summed E-state index contributed by atoms with van der Waals surface area (Å²) < 4.78 is 29.8. The van der Waals surface area contributed by atoms with E-state index in [-0.39, 0.29) is 10.6 Å². The molecule has 1 aliphatic rings. The van der Waals surface area contributed by atoms with Gasteiger partial charge < -0.3 is 10.2 Å². The number of anilines is 2. The molecule has 0 atom stereocenters. The average Bonchev–Trinajstić information content (AvgIpc) is 3.24. The van der Waals surface area contributed by atoms with E-state index in [9.17, 15) is 13.2 Å². The molecule has 1 N–H and O–H groups in total. The van der Waals surface area contributed by atoms with Crippen LogP contribution in [0.2, 0.25) is 0 Å². The number of hydrogen-bond donors (Lipinski definition) is 1. The van der Waals surface area contributed by atoms with Gasteiger partial charge in [0.05, 0.1) is 5.56 Å². The SMILES string of the molecule is CCc1cccc(NC(=O)c2cn(C)nc2S(=O)(=O)N2CCN(c3cccc(C)c3C)CC2)c1. The maximum Gasteiger partial charge on any atom is 0.263 e. The van der Waals surface area contributed by atoms with Crippen molar-refractivity contribution in [3.05, 3.63) is 70.9 Å². The second kappa shape index (κ2) is 9.60. The Balaban J connectivity index is 1.53. The zero-order valence-electron chi connectivity index (χ0n) is 20.1. The number of benzene rings is 2. The topological polar surface area (TPSA) is 87.5 Å². The molecular formula is C25H31N5O3S. The summed E-state index contributed by atoms with van der Waals surface area (Å²) in [5, 5.41) is 6.78. The Bertz CT molecular complexity index is 1310. The van der Waals surface area contributed by atoms with E-state index in [0.717, 1.165) is 17.7 Å². The van der Waals surface area contributed by atoms with Gasteiger partial charge in [-0.1, -0.05) is 31.2 Å². The second-order valence-electron chi connectivity index (χ2n) is 8.64. The van der Waals surface area contributed by atoms with Crippen LogP contribution in [0.4, 0.5) is 11.4 Å². The van der Waals surface area contributed by atoms with Crippen LogP contribution in [0.1, 0.15) is 34.0 Å². The molecule has 3 aromatic rings. The van der Waals surface area contributed by atoms with E-state index < -0.39 is 15.9 Å². The van der Waals surface area contributed by atoms with Gasteiger partial charge in [0.1, 0.15) is 0 Å². The summed E-state index contributed by atoms with van der Waals surface area (Å²) in [6.45, 7) is 7.99. The first kappa shape index (κ1) is 24.0. The number of carbonyl (C=O) groups is 1. The van der Waals surface area contributed by atoms with Crippen LogP contribution >= 0.6 is 0 Å². The zero-order chi connectivity index (χ0) is 24.5. The van der Waals surface area contributed by atoms with Gasteiger partial charge >= 0.3 is 0 Å². The van der Waals surface area contributed by atoms with Gasteiger partial charge in [-0.3, -0.25) is 9.48 Å². The number of nitrogens with one attached hydrogen (secondary N) is 1. The van der Waals surface area contributed by atoms with E-state index >= 15 is 0 Å². The Labute approximate surface area is 201 Å². The van der Waals surface area contributed by atoms with Crippen molar-refractivity contribution >= 4 is 27.3 Å². The Morgan fingerprint density at radius 2 is 1.76 bits per heavy atom.